The highest BCUT2D eigenvalue weighted by Crippen LogP contribution is 2.32. The molecule has 1 saturated carbocycles. The molecule has 4 nitrogen and oxygen atoms in total. The van der Waals surface area contributed by atoms with E-state index in [0.29, 0.717) is 0 Å². The van der Waals surface area contributed by atoms with Crippen LogP contribution in [0.1, 0.15) is 61.5 Å². The van der Waals surface area contributed by atoms with Gasteiger partial charge in [-0.25, -0.2) is 0 Å². The Balaban J connectivity index is 1.57. The summed E-state index contributed by atoms with van der Waals surface area (Å²) in [6, 6.07) is 4.26. The van der Waals surface area contributed by atoms with Crippen molar-refractivity contribution in [1.82, 2.24) is 10.1 Å². The highest BCUT2D eigenvalue weighted by atomic mass is 32.1. The third-order valence-corrected chi connectivity index (χ3v) is 5.24. The van der Waals surface area contributed by atoms with E-state index in [1.807, 2.05) is 0 Å². The Morgan fingerprint density at radius 2 is 2.00 bits per heavy atom. The summed E-state index contributed by atoms with van der Waals surface area (Å²) in [6.07, 6.45) is 9.76. The lowest BCUT2D eigenvalue weighted by Gasteiger charge is -2.23. The topological polar surface area (TPSA) is 64.9 Å². The predicted molar refractivity (Wildman–Crippen MR) is 84.2 cm³/mol. The van der Waals surface area contributed by atoms with Gasteiger partial charge in [0, 0.05) is 11.3 Å². The minimum absolute atomic E-state index is 0.369. The molecule has 3 rings (SSSR count). The van der Waals surface area contributed by atoms with Gasteiger partial charge in [0.1, 0.15) is 0 Å². The molecule has 1 aliphatic carbocycles. The molecule has 21 heavy (non-hydrogen) atoms. The van der Waals surface area contributed by atoms with E-state index in [1.165, 1.54) is 30.6 Å². The summed E-state index contributed by atoms with van der Waals surface area (Å²) in [5.74, 6) is 1.45. The quantitative estimate of drug-likeness (QED) is 0.853. The number of aromatic nitrogens is 2. The summed E-state index contributed by atoms with van der Waals surface area (Å²) >= 11 is 1.80. The third kappa shape index (κ3) is 3.71. The first-order valence-corrected chi connectivity index (χ1v) is 8.79. The van der Waals surface area contributed by atoms with Crippen LogP contribution >= 0.6 is 11.3 Å². The molecule has 2 N–H and O–H groups in total. The van der Waals surface area contributed by atoms with Crippen molar-refractivity contribution >= 4 is 11.3 Å². The molecule has 0 aliphatic heterocycles. The SMILES string of the molecule is NC1(c2noc(CCCc3cccs3)n2)CCCCCC1. The second-order valence-electron chi connectivity index (χ2n) is 6.01. The molecular weight excluding hydrogens is 282 g/mol. The summed E-state index contributed by atoms with van der Waals surface area (Å²) in [7, 11) is 0. The molecule has 1 aliphatic rings. The molecule has 5 heteroatoms. The lowest BCUT2D eigenvalue weighted by atomic mass is 9.91. The van der Waals surface area contributed by atoms with Crippen LogP contribution in [-0.4, -0.2) is 10.1 Å². The second-order valence-corrected chi connectivity index (χ2v) is 7.05. The Hall–Kier alpha value is -1.20. The van der Waals surface area contributed by atoms with Crippen LogP contribution < -0.4 is 5.73 Å². The van der Waals surface area contributed by atoms with E-state index >= 15 is 0 Å². The summed E-state index contributed by atoms with van der Waals surface area (Å²) in [4.78, 5) is 5.98. The average molecular weight is 305 g/mol. The van der Waals surface area contributed by atoms with Crippen LogP contribution in [0.4, 0.5) is 0 Å². The standard InChI is InChI=1S/C16H23N3OS/c17-16(10-3-1-2-4-11-16)15-18-14(20-19-15)9-5-7-13-8-6-12-21-13/h6,8,12H,1-5,7,9-11,17H2. The van der Waals surface area contributed by atoms with E-state index in [4.69, 9.17) is 10.3 Å². The van der Waals surface area contributed by atoms with E-state index in [-0.39, 0.29) is 5.54 Å². The molecule has 1 fully saturated rings. The van der Waals surface area contributed by atoms with E-state index in [1.54, 1.807) is 11.3 Å². The van der Waals surface area contributed by atoms with Crippen LogP contribution in [0, 0.1) is 0 Å². The minimum atomic E-state index is -0.369. The van der Waals surface area contributed by atoms with Crippen LogP contribution in [-0.2, 0) is 18.4 Å². The van der Waals surface area contributed by atoms with Crippen molar-refractivity contribution in [3.8, 4) is 0 Å². The van der Waals surface area contributed by atoms with Gasteiger partial charge in [-0.15, -0.1) is 11.3 Å². The van der Waals surface area contributed by atoms with Gasteiger partial charge in [0.15, 0.2) is 5.82 Å². The predicted octanol–water partition coefficient (Wildman–Crippen LogP) is 3.81. The van der Waals surface area contributed by atoms with E-state index in [0.717, 1.165) is 43.8 Å². The number of aryl methyl sites for hydroxylation is 2. The van der Waals surface area contributed by atoms with Gasteiger partial charge in [0.2, 0.25) is 5.89 Å². The monoisotopic (exact) mass is 305 g/mol. The number of hydrogen-bond acceptors (Lipinski definition) is 5. The van der Waals surface area contributed by atoms with Crippen molar-refractivity contribution < 1.29 is 4.52 Å². The number of rotatable bonds is 5. The Bertz CT molecular complexity index is 542. The van der Waals surface area contributed by atoms with Crippen molar-refractivity contribution in [2.75, 3.05) is 0 Å². The van der Waals surface area contributed by atoms with Crippen LogP contribution in [0.15, 0.2) is 22.0 Å². The number of nitrogens with two attached hydrogens (primary N) is 1. The highest BCUT2D eigenvalue weighted by Gasteiger charge is 2.33. The Morgan fingerprint density at radius 3 is 2.71 bits per heavy atom. The number of thiophene rings is 1. The largest absolute Gasteiger partial charge is 0.339 e. The van der Waals surface area contributed by atoms with Gasteiger partial charge in [0.05, 0.1) is 5.54 Å². The fourth-order valence-electron chi connectivity index (χ4n) is 3.01. The van der Waals surface area contributed by atoms with Crippen molar-refractivity contribution in [1.29, 1.82) is 0 Å². The number of nitrogens with zero attached hydrogens (tertiary/aromatic N) is 2. The molecule has 2 aromatic rings. The van der Waals surface area contributed by atoms with Crippen LogP contribution in [0.3, 0.4) is 0 Å². The van der Waals surface area contributed by atoms with Crippen LogP contribution in [0.5, 0.6) is 0 Å². The molecular formula is C16H23N3OS. The van der Waals surface area contributed by atoms with Gasteiger partial charge >= 0.3 is 0 Å². The minimum Gasteiger partial charge on any atom is -0.339 e. The summed E-state index contributed by atoms with van der Waals surface area (Å²) in [5, 5.41) is 6.28. The zero-order chi connectivity index (χ0) is 14.5. The lowest BCUT2D eigenvalue weighted by molar-refractivity contribution is 0.324. The second kappa shape index (κ2) is 6.71. The molecule has 0 bridgehead atoms. The molecule has 0 saturated heterocycles. The van der Waals surface area contributed by atoms with E-state index < -0.39 is 0 Å². The average Bonchev–Trinajstić information content (AvgIpc) is 3.11. The molecule has 2 aromatic heterocycles. The van der Waals surface area contributed by atoms with Crippen LogP contribution in [0.2, 0.25) is 0 Å². The molecule has 0 atom stereocenters. The third-order valence-electron chi connectivity index (χ3n) is 4.30. The summed E-state index contributed by atoms with van der Waals surface area (Å²) < 4.78 is 5.41. The van der Waals surface area contributed by atoms with Crippen molar-refractivity contribution in [2.24, 2.45) is 5.73 Å². The first-order chi connectivity index (χ1) is 10.3. The fraction of sp³-hybridized carbons (Fsp3) is 0.625. The smallest absolute Gasteiger partial charge is 0.226 e. The van der Waals surface area contributed by atoms with Crippen LogP contribution in [0.25, 0.3) is 0 Å². The first kappa shape index (κ1) is 14.7. The normalized spacial score (nSPS) is 18.5. The Labute approximate surface area is 129 Å². The molecule has 0 unspecified atom stereocenters. The zero-order valence-corrected chi connectivity index (χ0v) is 13.2. The summed E-state index contributed by atoms with van der Waals surface area (Å²) in [5.41, 5.74) is 6.15. The van der Waals surface area contributed by atoms with Gasteiger partial charge in [-0.05, 0) is 37.1 Å². The highest BCUT2D eigenvalue weighted by molar-refractivity contribution is 7.09. The maximum absolute atomic E-state index is 6.52. The van der Waals surface area contributed by atoms with E-state index in [9.17, 15) is 0 Å². The molecule has 0 amide bonds. The summed E-state index contributed by atoms with van der Waals surface area (Å²) in [6.45, 7) is 0. The van der Waals surface area contributed by atoms with Gasteiger partial charge in [-0.1, -0.05) is 36.9 Å². The Kier molecular flexibility index (Phi) is 4.70. The van der Waals surface area contributed by atoms with Gasteiger partial charge in [-0.3, -0.25) is 0 Å². The van der Waals surface area contributed by atoms with Crippen molar-refractivity contribution in [3.05, 3.63) is 34.1 Å². The first-order valence-electron chi connectivity index (χ1n) is 7.91. The molecule has 114 valence electrons. The lowest BCUT2D eigenvalue weighted by Crippen LogP contribution is -2.37. The van der Waals surface area contributed by atoms with Gasteiger partial charge < -0.3 is 10.3 Å². The van der Waals surface area contributed by atoms with Gasteiger partial charge in [-0.2, -0.15) is 4.98 Å². The Morgan fingerprint density at radius 1 is 1.19 bits per heavy atom. The molecule has 0 aromatic carbocycles. The fourth-order valence-corrected chi connectivity index (χ4v) is 3.76. The van der Waals surface area contributed by atoms with Crippen molar-refractivity contribution in [2.45, 2.75) is 63.3 Å². The molecule has 0 spiro atoms. The molecule has 2 heterocycles. The van der Waals surface area contributed by atoms with Gasteiger partial charge in [0.25, 0.3) is 0 Å². The van der Waals surface area contributed by atoms with E-state index in [2.05, 4.69) is 27.7 Å². The molecule has 0 radical (unpaired) electrons. The maximum atomic E-state index is 6.52. The zero-order valence-electron chi connectivity index (χ0n) is 12.4. The number of hydrogen-bond donors (Lipinski definition) is 1. The maximum Gasteiger partial charge on any atom is 0.226 e. The van der Waals surface area contributed by atoms with Crippen molar-refractivity contribution in [3.63, 3.8) is 0 Å².